The molecule has 3 nitrogen and oxygen atoms in total. The minimum Gasteiger partial charge on any atom is -0.474 e. The van der Waals surface area contributed by atoms with Crippen molar-refractivity contribution >= 4 is 17.1 Å². The van der Waals surface area contributed by atoms with Crippen molar-refractivity contribution in [3.8, 4) is 5.88 Å². The Bertz CT molecular complexity index is 325. The largest absolute Gasteiger partial charge is 0.474 e. The van der Waals surface area contributed by atoms with E-state index in [9.17, 15) is 4.79 Å². The number of hydrogen-bond acceptors (Lipinski definition) is 4. The zero-order chi connectivity index (χ0) is 9.97. The molecule has 1 aliphatic rings. The molecule has 0 aromatic carbocycles. The van der Waals surface area contributed by atoms with Crippen LogP contribution in [0.1, 0.15) is 30.7 Å². The number of ketones is 1. The molecule has 0 saturated heterocycles. The van der Waals surface area contributed by atoms with Crippen LogP contribution in [0, 0.1) is 6.92 Å². The number of carbonyl (C=O) groups excluding carboxylic acids is 1. The Labute approximate surface area is 87.1 Å². The van der Waals surface area contributed by atoms with Crippen LogP contribution in [0.5, 0.6) is 5.88 Å². The van der Waals surface area contributed by atoms with Gasteiger partial charge in [0.05, 0.1) is 10.4 Å². The average Bonchev–Trinajstić information content (AvgIpc) is 2.56. The van der Waals surface area contributed by atoms with Crippen LogP contribution in [0.25, 0.3) is 0 Å². The summed E-state index contributed by atoms with van der Waals surface area (Å²) in [5, 5.41) is 2.94. The van der Waals surface area contributed by atoms with Gasteiger partial charge in [-0.15, -0.1) is 11.3 Å². The predicted octanol–water partition coefficient (Wildman–Crippen LogP) is 2.34. The molecule has 1 aliphatic carbocycles. The van der Waals surface area contributed by atoms with E-state index in [0.29, 0.717) is 24.5 Å². The Kier molecular flexibility index (Phi) is 2.82. The SMILES string of the molecule is Cc1nc(OC2CCC(=O)CC2)cs1. The van der Waals surface area contributed by atoms with Crippen LogP contribution in [0.15, 0.2) is 5.38 Å². The molecule has 0 radical (unpaired) electrons. The summed E-state index contributed by atoms with van der Waals surface area (Å²) in [5.74, 6) is 1.08. The Morgan fingerprint density at radius 2 is 2.21 bits per heavy atom. The first-order valence-corrected chi connectivity index (χ1v) is 5.72. The van der Waals surface area contributed by atoms with Gasteiger partial charge < -0.3 is 4.74 Å². The van der Waals surface area contributed by atoms with Gasteiger partial charge in [-0.25, -0.2) is 4.98 Å². The first-order chi connectivity index (χ1) is 6.74. The Balaban J connectivity index is 1.89. The molecule has 0 bridgehead atoms. The molecule has 76 valence electrons. The number of rotatable bonds is 2. The van der Waals surface area contributed by atoms with E-state index in [-0.39, 0.29) is 6.10 Å². The molecule has 0 atom stereocenters. The molecule has 0 spiro atoms. The van der Waals surface area contributed by atoms with Crippen molar-refractivity contribution in [2.24, 2.45) is 0 Å². The lowest BCUT2D eigenvalue weighted by molar-refractivity contribution is -0.121. The van der Waals surface area contributed by atoms with Crippen LogP contribution in [-0.2, 0) is 4.79 Å². The second-order valence-corrected chi connectivity index (χ2v) is 4.62. The van der Waals surface area contributed by atoms with Crippen LogP contribution in [0.2, 0.25) is 0 Å². The van der Waals surface area contributed by atoms with Crippen molar-refractivity contribution in [1.82, 2.24) is 4.98 Å². The van der Waals surface area contributed by atoms with Crippen molar-refractivity contribution in [2.45, 2.75) is 38.7 Å². The van der Waals surface area contributed by atoms with Gasteiger partial charge in [-0.1, -0.05) is 0 Å². The van der Waals surface area contributed by atoms with Gasteiger partial charge in [0.25, 0.3) is 0 Å². The van der Waals surface area contributed by atoms with Crippen molar-refractivity contribution < 1.29 is 9.53 Å². The highest BCUT2D eigenvalue weighted by Crippen LogP contribution is 2.22. The standard InChI is InChI=1S/C10H13NO2S/c1-7-11-10(6-14-7)13-9-4-2-8(12)3-5-9/h6,9H,2-5H2,1H3. The number of Topliss-reactive ketones (excluding diaryl/α,β-unsaturated/α-hetero) is 1. The van der Waals surface area contributed by atoms with E-state index in [2.05, 4.69) is 4.98 Å². The van der Waals surface area contributed by atoms with Gasteiger partial charge >= 0.3 is 0 Å². The van der Waals surface area contributed by atoms with Crippen molar-refractivity contribution in [3.05, 3.63) is 10.4 Å². The molecule has 4 heteroatoms. The van der Waals surface area contributed by atoms with Crippen LogP contribution >= 0.6 is 11.3 Å². The molecule has 2 rings (SSSR count). The third-order valence-electron chi connectivity index (χ3n) is 2.38. The van der Waals surface area contributed by atoms with Gasteiger partial charge in [0.2, 0.25) is 5.88 Å². The number of ether oxygens (including phenoxy) is 1. The fraction of sp³-hybridized carbons (Fsp3) is 0.600. The average molecular weight is 211 g/mol. The Morgan fingerprint density at radius 1 is 1.50 bits per heavy atom. The summed E-state index contributed by atoms with van der Waals surface area (Å²) in [5.41, 5.74) is 0. The molecule has 0 N–H and O–H groups in total. The summed E-state index contributed by atoms with van der Waals surface area (Å²) in [6.45, 7) is 1.96. The van der Waals surface area contributed by atoms with E-state index in [1.54, 1.807) is 11.3 Å². The van der Waals surface area contributed by atoms with Gasteiger partial charge in [-0.2, -0.15) is 0 Å². The van der Waals surface area contributed by atoms with Gasteiger partial charge in [0, 0.05) is 12.8 Å². The van der Waals surface area contributed by atoms with Crippen LogP contribution < -0.4 is 4.74 Å². The van der Waals surface area contributed by atoms with Crippen LogP contribution in [0.4, 0.5) is 0 Å². The molecule has 1 aromatic rings. The predicted molar refractivity (Wildman–Crippen MR) is 54.7 cm³/mol. The maximum absolute atomic E-state index is 11.0. The Morgan fingerprint density at radius 3 is 2.79 bits per heavy atom. The van der Waals surface area contributed by atoms with Gasteiger partial charge in [-0.3, -0.25) is 4.79 Å². The molecule has 0 amide bonds. The summed E-state index contributed by atoms with van der Waals surface area (Å²) in [4.78, 5) is 15.2. The highest BCUT2D eigenvalue weighted by Gasteiger charge is 2.20. The summed E-state index contributed by atoms with van der Waals surface area (Å²) in [6.07, 6.45) is 3.20. The second kappa shape index (κ2) is 4.09. The quantitative estimate of drug-likeness (QED) is 0.753. The van der Waals surface area contributed by atoms with E-state index >= 15 is 0 Å². The maximum Gasteiger partial charge on any atom is 0.224 e. The molecular formula is C10H13NO2S. The molecule has 1 heterocycles. The number of hydrogen-bond donors (Lipinski definition) is 0. The molecule has 0 aliphatic heterocycles. The minimum atomic E-state index is 0.189. The minimum absolute atomic E-state index is 0.189. The number of thiazole rings is 1. The van der Waals surface area contributed by atoms with Crippen molar-refractivity contribution in [1.29, 1.82) is 0 Å². The first kappa shape index (κ1) is 9.65. The van der Waals surface area contributed by atoms with Crippen molar-refractivity contribution in [2.75, 3.05) is 0 Å². The van der Waals surface area contributed by atoms with Gasteiger partial charge in [0.15, 0.2) is 0 Å². The monoisotopic (exact) mass is 211 g/mol. The fourth-order valence-corrected chi connectivity index (χ4v) is 2.12. The first-order valence-electron chi connectivity index (χ1n) is 4.84. The summed E-state index contributed by atoms with van der Waals surface area (Å²) in [6, 6.07) is 0. The fourth-order valence-electron chi connectivity index (χ4n) is 1.60. The van der Waals surface area contributed by atoms with Crippen LogP contribution in [0.3, 0.4) is 0 Å². The molecule has 0 unspecified atom stereocenters. The maximum atomic E-state index is 11.0. The van der Waals surface area contributed by atoms with E-state index < -0.39 is 0 Å². The number of aromatic nitrogens is 1. The lowest BCUT2D eigenvalue weighted by Gasteiger charge is -2.20. The second-order valence-electron chi connectivity index (χ2n) is 3.56. The molecule has 1 saturated carbocycles. The van der Waals surface area contributed by atoms with Crippen LogP contribution in [-0.4, -0.2) is 16.9 Å². The number of aryl methyl sites for hydroxylation is 1. The van der Waals surface area contributed by atoms with E-state index in [1.165, 1.54) is 0 Å². The summed E-state index contributed by atoms with van der Waals surface area (Å²) >= 11 is 1.59. The number of nitrogens with zero attached hydrogens (tertiary/aromatic N) is 1. The smallest absolute Gasteiger partial charge is 0.224 e. The van der Waals surface area contributed by atoms with Crippen molar-refractivity contribution in [3.63, 3.8) is 0 Å². The lowest BCUT2D eigenvalue weighted by atomic mass is 9.97. The van der Waals surface area contributed by atoms with E-state index in [4.69, 9.17) is 4.74 Å². The third-order valence-corrected chi connectivity index (χ3v) is 3.13. The highest BCUT2D eigenvalue weighted by molar-refractivity contribution is 7.09. The molecule has 1 aromatic heterocycles. The topological polar surface area (TPSA) is 39.2 Å². The summed E-state index contributed by atoms with van der Waals surface area (Å²) in [7, 11) is 0. The number of carbonyl (C=O) groups is 1. The van der Waals surface area contributed by atoms with Gasteiger partial charge in [0.1, 0.15) is 11.9 Å². The normalized spacial score (nSPS) is 18.5. The lowest BCUT2D eigenvalue weighted by Crippen LogP contribution is -2.24. The Hall–Kier alpha value is -0.900. The van der Waals surface area contributed by atoms with E-state index in [1.807, 2.05) is 12.3 Å². The van der Waals surface area contributed by atoms with E-state index in [0.717, 1.165) is 17.8 Å². The highest BCUT2D eigenvalue weighted by atomic mass is 32.1. The third kappa shape index (κ3) is 2.32. The van der Waals surface area contributed by atoms with Gasteiger partial charge in [-0.05, 0) is 19.8 Å². The zero-order valence-electron chi connectivity index (χ0n) is 8.16. The summed E-state index contributed by atoms with van der Waals surface area (Å²) < 4.78 is 5.67. The molecule has 14 heavy (non-hydrogen) atoms. The zero-order valence-corrected chi connectivity index (χ0v) is 8.97. The molecular weight excluding hydrogens is 198 g/mol. The molecule has 1 fully saturated rings.